The first kappa shape index (κ1) is 17.4. The molecule has 0 amide bonds. The molecule has 2 heterocycles. The van der Waals surface area contributed by atoms with E-state index in [1.807, 2.05) is 55.1 Å². The summed E-state index contributed by atoms with van der Waals surface area (Å²) in [5.74, 6) is 1.36. The van der Waals surface area contributed by atoms with Crippen LogP contribution in [-0.2, 0) is 0 Å². The van der Waals surface area contributed by atoms with Crippen LogP contribution in [0, 0.1) is 0 Å². The lowest BCUT2D eigenvalue weighted by atomic mass is 9.93. The fourth-order valence-electron chi connectivity index (χ4n) is 3.09. The molecule has 3 aromatic rings. The third-order valence-corrected chi connectivity index (χ3v) is 4.37. The van der Waals surface area contributed by atoms with E-state index in [0.717, 1.165) is 42.4 Å². The number of hydrogen-bond acceptors (Lipinski definition) is 5. The van der Waals surface area contributed by atoms with Crippen molar-refractivity contribution in [2.45, 2.75) is 51.7 Å². The summed E-state index contributed by atoms with van der Waals surface area (Å²) in [6.07, 6.45) is 6.99. The summed E-state index contributed by atoms with van der Waals surface area (Å²) in [4.78, 5) is 8.91. The molecular formula is C19H25N5O. The maximum Gasteiger partial charge on any atom is 0.224 e. The third-order valence-electron chi connectivity index (χ3n) is 4.37. The zero-order chi connectivity index (χ0) is 17.6. The van der Waals surface area contributed by atoms with Gasteiger partial charge in [-0.2, -0.15) is 10.1 Å². The Morgan fingerprint density at radius 3 is 2.64 bits per heavy atom. The number of nitrogens with zero attached hydrogens (tertiary/aromatic N) is 4. The van der Waals surface area contributed by atoms with Crippen LogP contribution in [0.25, 0.3) is 16.7 Å². The zero-order valence-electron chi connectivity index (χ0n) is 14.8. The van der Waals surface area contributed by atoms with E-state index >= 15 is 0 Å². The Morgan fingerprint density at radius 1 is 1.08 bits per heavy atom. The smallest absolute Gasteiger partial charge is 0.224 e. The van der Waals surface area contributed by atoms with Crippen molar-refractivity contribution < 1.29 is 5.11 Å². The fraction of sp³-hybridized carbons (Fsp3) is 0.421. The molecule has 6 heteroatoms. The number of rotatable bonds is 3. The Hall–Kier alpha value is -2.47. The van der Waals surface area contributed by atoms with Gasteiger partial charge >= 0.3 is 0 Å². The van der Waals surface area contributed by atoms with Crippen LogP contribution in [0.15, 0.2) is 42.7 Å². The molecule has 0 saturated heterocycles. The summed E-state index contributed by atoms with van der Waals surface area (Å²) in [6, 6.07) is 10.2. The topological polar surface area (TPSA) is 75.9 Å². The number of hydrogen-bond donors (Lipinski definition) is 2. The number of para-hydroxylation sites is 1. The van der Waals surface area contributed by atoms with Gasteiger partial charge in [0.15, 0.2) is 5.82 Å². The molecule has 2 aromatic heterocycles. The lowest BCUT2D eigenvalue weighted by Gasteiger charge is -2.26. The van der Waals surface area contributed by atoms with E-state index in [-0.39, 0.29) is 6.10 Å². The van der Waals surface area contributed by atoms with Gasteiger partial charge in [-0.15, -0.1) is 0 Å². The van der Waals surface area contributed by atoms with Gasteiger partial charge in [0.2, 0.25) is 5.95 Å². The maximum atomic E-state index is 9.59. The molecule has 2 N–H and O–H groups in total. The van der Waals surface area contributed by atoms with Gasteiger partial charge in [0, 0.05) is 23.7 Å². The van der Waals surface area contributed by atoms with Crippen LogP contribution in [0.2, 0.25) is 0 Å². The van der Waals surface area contributed by atoms with Crippen molar-refractivity contribution in [1.82, 2.24) is 19.7 Å². The van der Waals surface area contributed by atoms with E-state index in [4.69, 9.17) is 0 Å². The summed E-state index contributed by atoms with van der Waals surface area (Å²) >= 11 is 0. The molecule has 0 radical (unpaired) electrons. The van der Waals surface area contributed by atoms with E-state index in [9.17, 15) is 5.11 Å². The fourth-order valence-corrected chi connectivity index (χ4v) is 3.09. The number of fused-ring (bicyclic) bond motifs is 1. The van der Waals surface area contributed by atoms with Crippen molar-refractivity contribution in [3.05, 3.63) is 42.7 Å². The quantitative estimate of drug-likeness (QED) is 0.763. The molecular weight excluding hydrogens is 314 g/mol. The maximum absolute atomic E-state index is 9.59. The standard InChI is InChI=1S/C17H19N5O.C2H6/c23-14-7-5-13(6-8-14)20-17-18-10-9-16(21-17)22-15-4-2-1-3-12(15)11-19-22;1-2/h1-4,9-11,13-14,23H,5-8H2,(H,18,20,21);1-2H3. The van der Waals surface area contributed by atoms with Crippen LogP contribution in [0.4, 0.5) is 5.95 Å². The average molecular weight is 339 g/mol. The van der Waals surface area contributed by atoms with Crippen molar-refractivity contribution in [1.29, 1.82) is 0 Å². The molecule has 0 atom stereocenters. The molecule has 0 unspecified atom stereocenters. The van der Waals surface area contributed by atoms with Crippen molar-refractivity contribution in [3.8, 4) is 5.82 Å². The molecule has 1 aliphatic carbocycles. The number of aromatic nitrogens is 4. The molecule has 6 nitrogen and oxygen atoms in total. The van der Waals surface area contributed by atoms with Crippen LogP contribution >= 0.6 is 0 Å². The number of aliphatic hydroxyl groups is 1. The molecule has 0 spiro atoms. The van der Waals surface area contributed by atoms with Gasteiger partial charge in [-0.3, -0.25) is 0 Å². The monoisotopic (exact) mass is 339 g/mol. The molecule has 0 aliphatic heterocycles. The van der Waals surface area contributed by atoms with Crippen molar-refractivity contribution >= 4 is 16.9 Å². The van der Waals surface area contributed by atoms with E-state index < -0.39 is 0 Å². The Labute approximate surface area is 147 Å². The predicted octanol–water partition coefficient (Wildman–Crippen LogP) is 3.56. The average Bonchev–Trinajstić information content (AvgIpc) is 3.10. The molecule has 4 rings (SSSR count). The Morgan fingerprint density at radius 2 is 1.84 bits per heavy atom. The summed E-state index contributed by atoms with van der Waals surface area (Å²) in [7, 11) is 0. The van der Waals surface area contributed by atoms with E-state index in [1.54, 1.807) is 6.20 Å². The van der Waals surface area contributed by atoms with Gasteiger partial charge < -0.3 is 10.4 Å². The highest BCUT2D eigenvalue weighted by Gasteiger charge is 2.20. The second-order valence-electron chi connectivity index (χ2n) is 6.00. The molecule has 132 valence electrons. The highest BCUT2D eigenvalue weighted by Crippen LogP contribution is 2.22. The van der Waals surface area contributed by atoms with Crippen LogP contribution in [0.1, 0.15) is 39.5 Å². The minimum Gasteiger partial charge on any atom is -0.393 e. The number of nitrogens with one attached hydrogen (secondary N) is 1. The number of benzene rings is 1. The number of aliphatic hydroxyl groups excluding tert-OH is 1. The minimum absolute atomic E-state index is 0.157. The van der Waals surface area contributed by atoms with Crippen LogP contribution in [-0.4, -0.2) is 37.0 Å². The van der Waals surface area contributed by atoms with Crippen molar-refractivity contribution in [3.63, 3.8) is 0 Å². The van der Waals surface area contributed by atoms with E-state index in [2.05, 4.69) is 20.4 Å². The minimum atomic E-state index is -0.157. The zero-order valence-corrected chi connectivity index (χ0v) is 14.8. The largest absolute Gasteiger partial charge is 0.393 e. The lowest BCUT2D eigenvalue weighted by molar-refractivity contribution is 0.126. The lowest BCUT2D eigenvalue weighted by Crippen LogP contribution is -2.29. The van der Waals surface area contributed by atoms with Gasteiger partial charge in [0.05, 0.1) is 17.8 Å². The van der Waals surface area contributed by atoms with Gasteiger partial charge in [-0.05, 0) is 31.7 Å². The molecule has 1 aliphatic rings. The summed E-state index contributed by atoms with van der Waals surface area (Å²) < 4.78 is 1.83. The first-order valence-electron chi connectivity index (χ1n) is 9.00. The SMILES string of the molecule is CC.OC1CCC(Nc2nccc(-n3ncc4ccccc43)n2)CC1. The summed E-state index contributed by atoms with van der Waals surface area (Å²) in [5.41, 5.74) is 1.03. The predicted molar refractivity (Wildman–Crippen MR) is 99.9 cm³/mol. The van der Waals surface area contributed by atoms with Crippen LogP contribution in [0.3, 0.4) is 0 Å². The first-order chi connectivity index (χ1) is 12.3. The second kappa shape index (κ2) is 8.07. The Balaban J connectivity index is 0.000000880. The Kier molecular flexibility index (Phi) is 5.60. The highest BCUT2D eigenvalue weighted by molar-refractivity contribution is 5.79. The van der Waals surface area contributed by atoms with Gasteiger partial charge in [0.1, 0.15) is 0 Å². The van der Waals surface area contributed by atoms with Crippen molar-refractivity contribution in [2.75, 3.05) is 5.32 Å². The highest BCUT2D eigenvalue weighted by atomic mass is 16.3. The summed E-state index contributed by atoms with van der Waals surface area (Å²) in [6.45, 7) is 4.00. The van der Waals surface area contributed by atoms with E-state index in [0.29, 0.717) is 12.0 Å². The molecule has 1 saturated carbocycles. The van der Waals surface area contributed by atoms with Crippen LogP contribution in [0.5, 0.6) is 0 Å². The molecule has 25 heavy (non-hydrogen) atoms. The van der Waals surface area contributed by atoms with E-state index in [1.165, 1.54) is 0 Å². The normalized spacial score (nSPS) is 20.0. The summed E-state index contributed by atoms with van der Waals surface area (Å²) in [5, 5.41) is 18.5. The molecule has 1 aromatic carbocycles. The Bertz CT molecular complexity index is 808. The first-order valence-corrected chi connectivity index (χ1v) is 9.00. The van der Waals surface area contributed by atoms with Gasteiger partial charge in [0.25, 0.3) is 0 Å². The van der Waals surface area contributed by atoms with Gasteiger partial charge in [-0.1, -0.05) is 32.0 Å². The third kappa shape index (κ3) is 3.96. The van der Waals surface area contributed by atoms with Crippen molar-refractivity contribution in [2.24, 2.45) is 0 Å². The van der Waals surface area contributed by atoms with Gasteiger partial charge in [-0.25, -0.2) is 9.67 Å². The molecule has 1 fully saturated rings. The van der Waals surface area contributed by atoms with Crippen LogP contribution < -0.4 is 5.32 Å². The second-order valence-corrected chi connectivity index (χ2v) is 6.00. The number of anilines is 1. The molecule has 0 bridgehead atoms.